The molecule has 13 heteroatoms. The van der Waals surface area contributed by atoms with Gasteiger partial charge in [0.25, 0.3) is 0 Å². The highest BCUT2D eigenvalue weighted by atomic mass is 31.2. The molecule has 208 valence electrons. The summed E-state index contributed by atoms with van der Waals surface area (Å²) < 4.78 is 43.9. The van der Waals surface area contributed by atoms with Crippen LogP contribution in [0.25, 0.3) is 10.8 Å². The van der Waals surface area contributed by atoms with Gasteiger partial charge in [0.05, 0.1) is 6.61 Å². The van der Waals surface area contributed by atoms with Crippen LogP contribution in [0.1, 0.15) is 38.8 Å². The molecule has 2 heterocycles. The fourth-order valence-corrected chi connectivity index (χ4v) is 6.03. The standard InChI is InChI=1S/C26H31N4O8P/c1-17(25(31)36-19-9-3-4-10-19)29-39(33,38-21-12-6-8-18-7-2-5-11-20(18)21)35-16-24-34-15-23(37-24)30-14-13-22(27)28-26(30)32/h2,5-8,11-14,17,19,23-24H,3-4,9-10,15-16H2,1H3,(H,29,33)(H2,27,28,32)/t17-,23-,24-,39?/m0/s1. The van der Waals surface area contributed by atoms with Crippen LogP contribution in [-0.2, 0) is 28.1 Å². The van der Waals surface area contributed by atoms with E-state index in [0.717, 1.165) is 36.5 Å². The lowest BCUT2D eigenvalue weighted by molar-refractivity contribution is -0.150. The molecule has 1 saturated heterocycles. The second-order valence-electron chi connectivity index (χ2n) is 9.45. The van der Waals surface area contributed by atoms with E-state index >= 15 is 0 Å². The molecule has 0 radical (unpaired) electrons. The third-order valence-corrected chi connectivity index (χ3v) is 8.16. The van der Waals surface area contributed by atoms with Gasteiger partial charge in [-0.15, -0.1) is 0 Å². The number of carbonyl (C=O) groups is 1. The quantitative estimate of drug-likeness (QED) is 0.278. The second-order valence-corrected chi connectivity index (χ2v) is 11.1. The molecule has 3 N–H and O–H groups in total. The van der Waals surface area contributed by atoms with Gasteiger partial charge in [-0.2, -0.15) is 10.1 Å². The second kappa shape index (κ2) is 11.8. The molecule has 0 spiro atoms. The number of nitrogens with zero attached hydrogens (tertiary/aromatic N) is 2. The van der Waals surface area contributed by atoms with E-state index in [0.29, 0.717) is 5.75 Å². The smallest absolute Gasteiger partial charge is 0.459 e. The number of fused-ring (bicyclic) bond motifs is 1. The Morgan fingerprint density at radius 3 is 2.77 bits per heavy atom. The Balaban J connectivity index is 1.30. The van der Waals surface area contributed by atoms with Gasteiger partial charge in [-0.3, -0.25) is 13.9 Å². The number of hydrogen-bond donors (Lipinski definition) is 2. The molecular weight excluding hydrogens is 527 g/mol. The van der Waals surface area contributed by atoms with Gasteiger partial charge in [0, 0.05) is 11.6 Å². The number of aromatic nitrogens is 2. The topological polar surface area (TPSA) is 153 Å². The van der Waals surface area contributed by atoms with Gasteiger partial charge in [-0.25, -0.2) is 9.36 Å². The van der Waals surface area contributed by atoms with Crippen LogP contribution in [0.3, 0.4) is 0 Å². The molecule has 0 bridgehead atoms. The van der Waals surface area contributed by atoms with Gasteiger partial charge >= 0.3 is 19.4 Å². The van der Waals surface area contributed by atoms with Crippen molar-refractivity contribution >= 4 is 30.3 Å². The van der Waals surface area contributed by atoms with E-state index in [1.165, 1.54) is 16.8 Å². The number of nitrogens with one attached hydrogen (secondary N) is 1. The summed E-state index contributed by atoms with van der Waals surface area (Å²) in [5.74, 6) is -0.143. The molecule has 0 amide bonds. The third kappa shape index (κ3) is 6.66. The van der Waals surface area contributed by atoms with Crippen LogP contribution < -0.4 is 21.0 Å². The number of ether oxygens (including phenoxy) is 3. The number of rotatable bonds is 10. The van der Waals surface area contributed by atoms with E-state index in [1.54, 1.807) is 19.1 Å². The number of esters is 1. The van der Waals surface area contributed by atoms with Crippen molar-refractivity contribution in [1.82, 2.24) is 14.6 Å². The van der Waals surface area contributed by atoms with E-state index in [2.05, 4.69) is 10.1 Å². The molecule has 39 heavy (non-hydrogen) atoms. The number of nitrogens with two attached hydrogens (primary N) is 1. The Labute approximate surface area is 224 Å². The Hall–Kier alpha value is -3.28. The lowest BCUT2D eigenvalue weighted by Crippen LogP contribution is -2.37. The van der Waals surface area contributed by atoms with Crippen molar-refractivity contribution in [3.8, 4) is 5.75 Å². The van der Waals surface area contributed by atoms with Crippen LogP contribution in [0.5, 0.6) is 5.75 Å². The van der Waals surface area contributed by atoms with Gasteiger partial charge in [0.15, 0.2) is 12.5 Å². The normalized spacial score (nSPS) is 22.0. The summed E-state index contributed by atoms with van der Waals surface area (Å²) in [6, 6.07) is 13.3. The zero-order valence-electron chi connectivity index (χ0n) is 21.4. The average Bonchev–Trinajstić information content (AvgIpc) is 3.60. The molecule has 1 saturated carbocycles. The predicted molar refractivity (Wildman–Crippen MR) is 142 cm³/mol. The van der Waals surface area contributed by atoms with Gasteiger partial charge in [0.1, 0.15) is 30.3 Å². The van der Waals surface area contributed by atoms with Gasteiger partial charge in [-0.1, -0.05) is 36.4 Å². The molecule has 12 nitrogen and oxygen atoms in total. The molecule has 5 rings (SSSR count). The van der Waals surface area contributed by atoms with E-state index in [1.807, 2.05) is 30.3 Å². The zero-order chi connectivity index (χ0) is 27.4. The van der Waals surface area contributed by atoms with Crippen LogP contribution >= 0.6 is 7.75 Å². The van der Waals surface area contributed by atoms with Crippen molar-refractivity contribution in [3.63, 3.8) is 0 Å². The van der Waals surface area contributed by atoms with Crippen LogP contribution in [0.2, 0.25) is 0 Å². The highest BCUT2D eigenvalue weighted by molar-refractivity contribution is 7.52. The third-order valence-electron chi connectivity index (χ3n) is 6.53. The van der Waals surface area contributed by atoms with E-state index in [-0.39, 0.29) is 25.1 Å². The summed E-state index contributed by atoms with van der Waals surface area (Å²) in [5.41, 5.74) is 4.96. The molecule has 3 aromatic rings. The Morgan fingerprint density at radius 2 is 1.97 bits per heavy atom. The first-order valence-corrected chi connectivity index (χ1v) is 14.4. The van der Waals surface area contributed by atoms with Gasteiger partial charge in [0.2, 0.25) is 0 Å². The lowest BCUT2D eigenvalue weighted by atomic mass is 10.1. The summed E-state index contributed by atoms with van der Waals surface area (Å²) >= 11 is 0. The molecule has 1 aliphatic heterocycles. The predicted octanol–water partition coefficient (Wildman–Crippen LogP) is 3.52. The Morgan fingerprint density at radius 1 is 1.21 bits per heavy atom. The Bertz CT molecular complexity index is 1420. The van der Waals surface area contributed by atoms with E-state index in [4.69, 9.17) is 29.0 Å². The molecule has 2 aliphatic rings. The summed E-state index contributed by atoms with van der Waals surface area (Å²) in [7, 11) is -4.17. The van der Waals surface area contributed by atoms with Crippen molar-refractivity contribution in [3.05, 3.63) is 65.2 Å². The maximum atomic E-state index is 14.0. The summed E-state index contributed by atoms with van der Waals surface area (Å²) in [4.78, 5) is 28.6. The summed E-state index contributed by atoms with van der Waals surface area (Å²) in [6.07, 6.45) is 3.20. The van der Waals surface area contributed by atoms with E-state index < -0.39 is 38.0 Å². The largest absolute Gasteiger partial charge is 0.461 e. The van der Waals surface area contributed by atoms with Crippen LogP contribution in [0, 0.1) is 0 Å². The molecule has 1 unspecified atom stereocenters. The van der Waals surface area contributed by atoms with E-state index in [9.17, 15) is 14.2 Å². The Kier molecular flexibility index (Phi) is 8.29. The highest BCUT2D eigenvalue weighted by Gasteiger charge is 2.37. The number of hydrogen-bond acceptors (Lipinski definition) is 10. The number of benzene rings is 2. The van der Waals surface area contributed by atoms with Crippen LogP contribution in [0.15, 0.2) is 59.5 Å². The maximum absolute atomic E-state index is 14.0. The molecule has 2 aromatic carbocycles. The number of carbonyl (C=O) groups excluding carboxylic acids is 1. The van der Waals surface area contributed by atoms with Crippen molar-refractivity contribution in [2.24, 2.45) is 0 Å². The molecule has 2 fully saturated rings. The average molecular weight is 559 g/mol. The summed E-state index contributed by atoms with van der Waals surface area (Å²) in [5, 5.41) is 4.30. The van der Waals surface area contributed by atoms with Crippen molar-refractivity contribution in [1.29, 1.82) is 0 Å². The first-order chi connectivity index (χ1) is 18.8. The molecule has 4 atom stereocenters. The van der Waals surface area contributed by atoms with Crippen LogP contribution in [0.4, 0.5) is 5.82 Å². The first-order valence-electron chi connectivity index (χ1n) is 12.8. The van der Waals surface area contributed by atoms with Crippen molar-refractivity contribution < 1.29 is 32.6 Å². The monoisotopic (exact) mass is 558 g/mol. The zero-order valence-corrected chi connectivity index (χ0v) is 22.3. The van der Waals surface area contributed by atoms with Crippen LogP contribution in [-0.4, -0.2) is 47.2 Å². The minimum atomic E-state index is -4.17. The minimum absolute atomic E-state index is 0.0333. The SMILES string of the molecule is C[C@H](NP(=O)(OC[C@H]1OC[C@@H](n2ccc(N)nc2=O)O1)Oc1cccc2ccccc12)C(=O)OC1CCCC1. The van der Waals surface area contributed by atoms with Gasteiger partial charge in [-0.05, 0) is 50.1 Å². The van der Waals surface area contributed by atoms with Crippen molar-refractivity contribution in [2.45, 2.75) is 57.3 Å². The maximum Gasteiger partial charge on any atom is 0.459 e. The molecular formula is C26H31N4O8P. The first kappa shape index (κ1) is 27.3. The fourth-order valence-electron chi connectivity index (χ4n) is 4.54. The highest BCUT2D eigenvalue weighted by Crippen LogP contribution is 2.47. The number of nitrogen functional groups attached to an aromatic ring is 1. The lowest BCUT2D eigenvalue weighted by Gasteiger charge is -2.25. The number of anilines is 1. The summed E-state index contributed by atoms with van der Waals surface area (Å²) in [6.45, 7) is 1.26. The molecule has 1 aliphatic carbocycles. The fraction of sp³-hybridized carbons (Fsp3) is 0.423. The van der Waals surface area contributed by atoms with Crippen molar-refractivity contribution in [2.75, 3.05) is 18.9 Å². The molecule has 1 aromatic heterocycles. The minimum Gasteiger partial charge on any atom is -0.461 e. The van der Waals surface area contributed by atoms with Gasteiger partial charge < -0.3 is 24.5 Å².